The van der Waals surface area contributed by atoms with Gasteiger partial charge in [-0.05, 0) is 96.1 Å². The minimum atomic E-state index is 1.19. The Balaban J connectivity index is 0.00000168. The summed E-state index contributed by atoms with van der Waals surface area (Å²) in [5, 5.41) is 10.3. The molecule has 0 atom stereocenters. The van der Waals surface area contributed by atoms with Crippen molar-refractivity contribution in [1.29, 1.82) is 0 Å². The van der Waals surface area contributed by atoms with E-state index in [-0.39, 0.29) is 0 Å². The van der Waals surface area contributed by atoms with Crippen molar-refractivity contribution in [2.75, 3.05) is 0 Å². The van der Waals surface area contributed by atoms with Crippen LogP contribution in [0.1, 0.15) is 0 Å². The molecule has 0 aliphatic rings. The van der Waals surface area contributed by atoms with Crippen LogP contribution in [0.3, 0.4) is 0 Å². The summed E-state index contributed by atoms with van der Waals surface area (Å²) in [6.07, 6.45) is 0. The first kappa shape index (κ1) is 32.0. The number of thiol groups is 2. The molecule has 8 aromatic carbocycles. The van der Waals surface area contributed by atoms with Crippen molar-refractivity contribution in [2.24, 2.45) is 0 Å². The third-order valence-electron chi connectivity index (χ3n) is 10.9. The van der Waals surface area contributed by atoms with E-state index in [1.54, 1.807) is 0 Å². The van der Waals surface area contributed by atoms with E-state index in [2.05, 4.69) is 202 Å². The van der Waals surface area contributed by atoms with Crippen LogP contribution < -0.4 is 0 Å². The summed E-state index contributed by atoms with van der Waals surface area (Å²) in [6.45, 7) is 0. The van der Waals surface area contributed by atoms with Crippen molar-refractivity contribution in [3.8, 4) is 22.5 Å². The van der Waals surface area contributed by atoms with E-state index < -0.39 is 0 Å². The van der Waals surface area contributed by atoms with Crippen LogP contribution in [0.4, 0.5) is 0 Å². The van der Waals surface area contributed by atoms with Crippen LogP contribution >= 0.6 is 46.0 Å². The maximum atomic E-state index is 3.22. The third-order valence-corrected chi connectivity index (χ3v) is 13.2. The van der Waals surface area contributed by atoms with Crippen LogP contribution in [-0.4, -0.2) is 9.13 Å². The van der Waals surface area contributed by atoms with Crippen LogP contribution in [0.2, 0.25) is 0 Å². The van der Waals surface area contributed by atoms with Crippen LogP contribution in [0.25, 0.3) is 106 Å². The van der Waals surface area contributed by atoms with Crippen molar-refractivity contribution in [3.63, 3.8) is 0 Å². The van der Waals surface area contributed by atoms with Gasteiger partial charge in [0, 0.05) is 73.3 Å². The van der Waals surface area contributed by atoms with E-state index in [0.29, 0.717) is 0 Å². The zero-order valence-corrected chi connectivity index (χ0v) is 32.2. The number of fused-ring (bicyclic) bond motifs is 12. The normalized spacial score (nSPS) is 11.9. The summed E-state index contributed by atoms with van der Waals surface area (Å²) in [7, 11) is 0. The van der Waals surface area contributed by atoms with Gasteiger partial charge in [-0.3, -0.25) is 0 Å². The van der Waals surface area contributed by atoms with Crippen LogP contribution in [-0.2, 0) is 0 Å². The second-order valence-corrected chi connectivity index (χ2v) is 15.9. The summed E-state index contributed by atoms with van der Waals surface area (Å²) in [5.74, 6) is 0. The molecule has 0 aliphatic heterocycles. The van der Waals surface area contributed by atoms with Gasteiger partial charge in [0.25, 0.3) is 0 Å². The fourth-order valence-electron chi connectivity index (χ4n) is 8.57. The lowest BCUT2D eigenvalue weighted by atomic mass is 10.0. The third kappa shape index (κ3) is 4.74. The first-order valence-electron chi connectivity index (χ1n) is 17.9. The average molecular weight is 763 g/mol. The number of hydrogen-bond donors (Lipinski definition) is 2. The van der Waals surface area contributed by atoms with Gasteiger partial charge in [-0.25, -0.2) is 0 Å². The second kappa shape index (κ2) is 12.5. The molecule has 6 heteroatoms. The standard InChI is InChI=1S/C48H28N2S2.H2S2/c1-5-13-41-33(9-1)37-25-29(17-21-43(37)49(41)31-19-23-47-39(27-31)35-11-3-7-15-45(35)51-47)30-18-22-44-38(26-30)34-10-2-6-14-42(34)50(44)32-20-24-48-40(28-32)36-12-4-8-16-46(36)52-48;1-2/h1-28H;1-2H. The quantitative estimate of drug-likeness (QED) is 0.131. The monoisotopic (exact) mass is 762 g/mol. The fourth-order valence-corrected chi connectivity index (χ4v) is 10.7. The number of nitrogens with zero attached hydrogens (tertiary/aromatic N) is 2. The Morgan fingerprint density at radius 1 is 0.296 bits per heavy atom. The summed E-state index contributed by atoms with van der Waals surface area (Å²) in [6, 6.07) is 63.0. The average Bonchev–Trinajstić information content (AvgIpc) is 3.98. The Hall–Kier alpha value is -5.50. The number of aromatic nitrogens is 2. The molecule has 0 spiro atoms. The van der Waals surface area contributed by atoms with E-state index in [0.717, 1.165) is 0 Å². The summed E-state index contributed by atoms with van der Waals surface area (Å²) in [4.78, 5) is 0. The molecule has 54 heavy (non-hydrogen) atoms. The summed E-state index contributed by atoms with van der Waals surface area (Å²) in [5.41, 5.74) is 9.72. The first-order chi connectivity index (χ1) is 26.8. The number of hydrogen-bond acceptors (Lipinski definition) is 4. The lowest BCUT2D eigenvalue weighted by molar-refractivity contribution is 1.19. The molecule has 12 aromatic rings. The largest absolute Gasteiger partial charge is 0.309 e. The number of para-hydroxylation sites is 2. The van der Waals surface area contributed by atoms with Crippen LogP contribution in [0.15, 0.2) is 170 Å². The Morgan fingerprint density at radius 3 is 1.13 bits per heavy atom. The van der Waals surface area contributed by atoms with Gasteiger partial charge in [0.1, 0.15) is 0 Å². The maximum Gasteiger partial charge on any atom is 0.0541 e. The van der Waals surface area contributed by atoms with Gasteiger partial charge in [0.15, 0.2) is 0 Å². The Kier molecular flexibility index (Phi) is 7.43. The molecule has 0 bridgehead atoms. The molecule has 0 fully saturated rings. The fraction of sp³-hybridized carbons (Fsp3) is 0. The minimum absolute atomic E-state index is 1.19. The Morgan fingerprint density at radius 2 is 0.667 bits per heavy atom. The molecular formula is C48H30N2S4. The van der Waals surface area contributed by atoms with Gasteiger partial charge < -0.3 is 9.13 Å². The summed E-state index contributed by atoms with van der Waals surface area (Å²) >= 11 is 10.2. The molecule has 4 aromatic heterocycles. The van der Waals surface area contributed by atoms with Crippen LogP contribution in [0.5, 0.6) is 0 Å². The van der Waals surface area contributed by atoms with Crippen molar-refractivity contribution in [3.05, 3.63) is 170 Å². The van der Waals surface area contributed by atoms with E-state index in [4.69, 9.17) is 0 Å². The lowest BCUT2D eigenvalue weighted by Crippen LogP contribution is -1.93. The highest BCUT2D eigenvalue weighted by Gasteiger charge is 2.17. The molecule has 0 unspecified atom stereocenters. The highest BCUT2D eigenvalue weighted by Crippen LogP contribution is 2.41. The van der Waals surface area contributed by atoms with Crippen molar-refractivity contribution < 1.29 is 0 Å². The van der Waals surface area contributed by atoms with Crippen molar-refractivity contribution in [2.45, 2.75) is 0 Å². The Bertz CT molecular complexity index is 3200. The van der Waals surface area contributed by atoms with Gasteiger partial charge in [-0.1, -0.05) is 84.9 Å². The van der Waals surface area contributed by atoms with Gasteiger partial charge in [-0.2, -0.15) is 0 Å². The molecule has 2 nitrogen and oxygen atoms in total. The molecule has 0 N–H and O–H groups in total. The lowest BCUT2D eigenvalue weighted by Gasteiger charge is -2.10. The zero-order chi connectivity index (χ0) is 35.9. The number of thiophene rings is 2. The smallest absolute Gasteiger partial charge is 0.0541 e. The predicted molar refractivity (Wildman–Crippen MR) is 244 cm³/mol. The molecule has 4 heterocycles. The topological polar surface area (TPSA) is 9.86 Å². The van der Waals surface area contributed by atoms with Gasteiger partial charge in [0.2, 0.25) is 0 Å². The minimum Gasteiger partial charge on any atom is -0.309 e. The Labute approximate surface area is 329 Å². The van der Waals surface area contributed by atoms with E-state index in [9.17, 15) is 0 Å². The molecule has 0 saturated carbocycles. The zero-order valence-electron chi connectivity index (χ0n) is 28.8. The predicted octanol–water partition coefficient (Wildman–Crippen LogP) is 15.0. The number of benzene rings is 8. The second-order valence-electron chi connectivity index (χ2n) is 13.7. The van der Waals surface area contributed by atoms with Gasteiger partial charge in [-0.15, -0.1) is 46.0 Å². The molecule has 256 valence electrons. The molecule has 12 rings (SSSR count). The van der Waals surface area contributed by atoms with Crippen molar-refractivity contribution >= 4 is 130 Å². The molecule has 0 radical (unpaired) electrons. The molecule has 0 saturated heterocycles. The van der Waals surface area contributed by atoms with E-state index >= 15 is 0 Å². The van der Waals surface area contributed by atoms with Gasteiger partial charge >= 0.3 is 0 Å². The molecular weight excluding hydrogens is 733 g/mol. The first-order valence-corrected chi connectivity index (χ1v) is 21.1. The van der Waals surface area contributed by atoms with Crippen LogP contribution in [0, 0.1) is 0 Å². The maximum absolute atomic E-state index is 3.22. The summed E-state index contributed by atoms with van der Waals surface area (Å²) < 4.78 is 10.2. The van der Waals surface area contributed by atoms with Crippen molar-refractivity contribution in [1.82, 2.24) is 9.13 Å². The highest BCUT2D eigenvalue weighted by atomic mass is 33.1. The molecule has 0 aliphatic carbocycles. The van der Waals surface area contributed by atoms with Gasteiger partial charge in [0.05, 0.1) is 22.1 Å². The number of rotatable bonds is 3. The van der Waals surface area contributed by atoms with E-state index in [1.165, 1.54) is 106 Å². The SMILES string of the molecule is SS.c1ccc2c(c1)sc1ccc(-n3c4ccccc4c4cc(-c5ccc6c(c5)c5ccccc5n6-c5ccc6sc7ccccc7c6c5)ccc43)cc12. The molecule has 0 amide bonds. The van der Waals surface area contributed by atoms with E-state index in [1.807, 2.05) is 22.7 Å². The highest BCUT2D eigenvalue weighted by molar-refractivity contribution is 8.59.